The molecule has 0 saturated heterocycles. The van der Waals surface area contributed by atoms with Crippen molar-refractivity contribution < 1.29 is 25.9 Å². The fourth-order valence-electron chi connectivity index (χ4n) is 1.42. The summed E-state index contributed by atoms with van der Waals surface area (Å²) in [5, 5.41) is 0. The zero-order valence-electron chi connectivity index (χ0n) is 12.5. The molecule has 2 aromatic carbocycles. The zero-order valence-corrected chi connectivity index (χ0v) is 15.1. The summed E-state index contributed by atoms with van der Waals surface area (Å²) in [6.45, 7) is 3.68. The van der Waals surface area contributed by atoms with Crippen molar-refractivity contribution in [1.82, 2.24) is 0 Å². The van der Waals surface area contributed by atoms with Gasteiger partial charge in [-0.1, -0.05) is 35.4 Å². The summed E-state index contributed by atoms with van der Waals surface area (Å²) in [6.07, 6.45) is 0. The van der Waals surface area contributed by atoms with Crippen molar-refractivity contribution in [3.8, 4) is 0 Å². The predicted octanol–water partition coefficient (Wildman–Crippen LogP) is 2.60. The molecule has 128 valence electrons. The molecule has 2 aromatic rings. The maximum absolute atomic E-state index is 10.5. The molecule has 0 radical (unpaired) electrons. The van der Waals surface area contributed by atoms with Crippen LogP contribution >= 0.6 is 13.5 Å². The van der Waals surface area contributed by atoms with Crippen LogP contribution in [0.15, 0.2) is 58.3 Å². The maximum atomic E-state index is 10.5. The van der Waals surface area contributed by atoms with Gasteiger partial charge in [-0.05, 0) is 38.1 Å². The lowest BCUT2D eigenvalue weighted by atomic mass is 10.2. The highest BCUT2D eigenvalue weighted by molar-refractivity contribution is 7.86. The van der Waals surface area contributed by atoms with E-state index in [2.05, 4.69) is 0 Å². The first-order valence-corrected chi connectivity index (χ1v) is 8.96. The Kier molecular flexibility index (Phi) is 7.95. The lowest BCUT2D eigenvalue weighted by molar-refractivity contribution is 0.481. The molecule has 0 saturated carbocycles. The van der Waals surface area contributed by atoms with Crippen LogP contribution in [0.1, 0.15) is 11.1 Å². The minimum Gasteiger partial charge on any atom is -0.282 e. The molecule has 2 rings (SSSR count). The second-order valence-corrected chi connectivity index (χ2v) is 7.42. The molecule has 0 aliphatic heterocycles. The van der Waals surface area contributed by atoms with Crippen LogP contribution in [0.2, 0.25) is 0 Å². The lowest BCUT2D eigenvalue weighted by Crippen LogP contribution is -1.96. The Bertz CT molecular complexity index is 750. The van der Waals surface area contributed by atoms with Gasteiger partial charge in [0.05, 0.1) is 9.79 Å². The third kappa shape index (κ3) is 7.62. The van der Waals surface area contributed by atoms with Crippen LogP contribution in [0, 0.1) is 13.8 Å². The van der Waals surface area contributed by atoms with Gasteiger partial charge in [-0.25, -0.2) is 0 Å². The summed E-state index contributed by atoms with van der Waals surface area (Å²) in [5.74, 6) is 0. The molecule has 0 atom stereocenters. The number of benzene rings is 2. The van der Waals surface area contributed by atoms with Crippen molar-refractivity contribution >= 4 is 33.7 Å². The summed E-state index contributed by atoms with van der Waals surface area (Å²) in [7, 11) is -8.04. The molecule has 9 heteroatoms. The third-order valence-corrected chi connectivity index (χ3v) is 4.37. The number of aryl methyl sites for hydroxylation is 2. The van der Waals surface area contributed by atoms with E-state index in [0.29, 0.717) is 0 Å². The van der Waals surface area contributed by atoms with Crippen LogP contribution in [0.4, 0.5) is 0 Å². The Labute approximate surface area is 143 Å². The Hall–Kier alpha value is -1.39. The van der Waals surface area contributed by atoms with Gasteiger partial charge >= 0.3 is 0 Å². The average Bonchev–Trinajstić information content (AvgIpc) is 2.38. The first kappa shape index (κ1) is 21.6. The maximum Gasteiger partial charge on any atom is 0.294 e. The van der Waals surface area contributed by atoms with Gasteiger partial charge in [0.15, 0.2) is 0 Å². The first-order chi connectivity index (χ1) is 10.00. The van der Waals surface area contributed by atoms with Crippen LogP contribution in [0.3, 0.4) is 0 Å². The highest BCUT2D eigenvalue weighted by atomic mass is 32.2. The monoisotopic (exact) mass is 378 g/mol. The predicted molar refractivity (Wildman–Crippen MR) is 92.4 cm³/mol. The van der Waals surface area contributed by atoms with Crippen LogP contribution < -0.4 is 0 Å². The van der Waals surface area contributed by atoms with Crippen molar-refractivity contribution in [1.29, 1.82) is 0 Å². The average molecular weight is 378 g/mol. The first-order valence-electron chi connectivity index (χ1n) is 6.08. The third-order valence-electron chi connectivity index (χ3n) is 2.64. The Morgan fingerprint density at radius 2 is 0.826 bits per heavy atom. The van der Waals surface area contributed by atoms with E-state index < -0.39 is 20.2 Å². The Morgan fingerprint density at radius 3 is 1.00 bits per heavy atom. The minimum absolute atomic E-state index is 0. The van der Waals surface area contributed by atoms with Gasteiger partial charge in [-0.2, -0.15) is 30.3 Å². The molecule has 23 heavy (non-hydrogen) atoms. The van der Waals surface area contributed by atoms with Crippen LogP contribution in [-0.4, -0.2) is 25.9 Å². The van der Waals surface area contributed by atoms with E-state index in [1.807, 2.05) is 13.8 Å². The highest BCUT2D eigenvalue weighted by Crippen LogP contribution is 2.09. The van der Waals surface area contributed by atoms with E-state index >= 15 is 0 Å². The minimum atomic E-state index is -4.02. The largest absolute Gasteiger partial charge is 0.294 e. The number of hydrogen-bond acceptors (Lipinski definition) is 4. The molecule has 0 unspecified atom stereocenters. The Balaban J connectivity index is 0.000000403. The van der Waals surface area contributed by atoms with Crippen LogP contribution in [0.5, 0.6) is 0 Å². The van der Waals surface area contributed by atoms with Crippen molar-refractivity contribution in [2.24, 2.45) is 0 Å². The fraction of sp³-hybridized carbons (Fsp3) is 0.143. The van der Waals surface area contributed by atoms with Crippen molar-refractivity contribution in [2.75, 3.05) is 0 Å². The molecule has 0 heterocycles. The molecule has 0 fully saturated rings. The molecule has 0 aromatic heterocycles. The molecule has 0 bridgehead atoms. The van der Waals surface area contributed by atoms with Gasteiger partial charge in [0, 0.05) is 0 Å². The molecule has 0 spiro atoms. The molecular weight excluding hydrogens is 360 g/mol. The van der Waals surface area contributed by atoms with E-state index in [9.17, 15) is 16.8 Å². The normalized spacial score (nSPS) is 11.0. The summed E-state index contributed by atoms with van der Waals surface area (Å²) in [5.41, 5.74) is 1.91. The lowest BCUT2D eigenvalue weighted by Gasteiger charge is -1.95. The smallest absolute Gasteiger partial charge is 0.282 e. The zero-order chi connectivity index (χ0) is 17.0. The fourth-order valence-corrected chi connectivity index (χ4v) is 2.38. The van der Waals surface area contributed by atoms with Gasteiger partial charge in [-0.15, -0.1) is 0 Å². The van der Waals surface area contributed by atoms with Crippen molar-refractivity contribution in [3.63, 3.8) is 0 Å². The van der Waals surface area contributed by atoms with Crippen LogP contribution in [-0.2, 0) is 20.2 Å². The summed E-state index contributed by atoms with van der Waals surface area (Å²) < 4.78 is 59.1. The molecule has 0 amide bonds. The Morgan fingerprint density at radius 1 is 0.609 bits per heavy atom. The quantitative estimate of drug-likeness (QED) is 0.778. The molecule has 0 aliphatic rings. The van der Waals surface area contributed by atoms with Gasteiger partial charge in [0.1, 0.15) is 0 Å². The summed E-state index contributed by atoms with van der Waals surface area (Å²) in [6, 6.07) is 12.0. The molecule has 0 aliphatic carbocycles. The van der Waals surface area contributed by atoms with Gasteiger partial charge < -0.3 is 0 Å². The van der Waals surface area contributed by atoms with Crippen molar-refractivity contribution in [2.45, 2.75) is 23.6 Å². The molecule has 6 nitrogen and oxygen atoms in total. The van der Waals surface area contributed by atoms with Gasteiger partial charge in [0.2, 0.25) is 0 Å². The van der Waals surface area contributed by atoms with E-state index in [1.54, 1.807) is 24.3 Å². The topological polar surface area (TPSA) is 109 Å². The summed E-state index contributed by atoms with van der Waals surface area (Å²) in [4.78, 5) is -0.133. The van der Waals surface area contributed by atoms with Gasteiger partial charge in [0.25, 0.3) is 20.2 Å². The van der Waals surface area contributed by atoms with E-state index in [0.717, 1.165) is 11.1 Å². The van der Waals surface area contributed by atoms with E-state index in [1.165, 1.54) is 24.3 Å². The standard InChI is InChI=1S/2C7H8O3S.H2S/c2*1-6-2-4-7(5-3-6)11(8,9)10;/h2*2-5H,1H3,(H,8,9,10);1H2. The number of hydrogen-bond donors (Lipinski definition) is 2. The van der Waals surface area contributed by atoms with Crippen molar-refractivity contribution in [3.05, 3.63) is 59.7 Å². The van der Waals surface area contributed by atoms with Crippen LogP contribution in [0.25, 0.3) is 0 Å². The second-order valence-electron chi connectivity index (χ2n) is 4.58. The number of rotatable bonds is 2. The summed E-state index contributed by atoms with van der Waals surface area (Å²) >= 11 is 0. The highest BCUT2D eigenvalue weighted by Gasteiger charge is 2.07. The van der Waals surface area contributed by atoms with E-state index in [4.69, 9.17) is 9.11 Å². The molecular formula is C14H18O6S3. The van der Waals surface area contributed by atoms with E-state index in [-0.39, 0.29) is 23.3 Å². The SMILES string of the molecule is Cc1ccc(S(=O)(=O)O)cc1.Cc1ccc(S(=O)(=O)O)cc1.S. The van der Waals surface area contributed by atoms with Gasteiger partial charge in [-0.3, -0.25) is 9.11 Å². The second kappa shape index (κ2) is 8.46. The molecule has 2 N–H and O–H groups in total.